The van der Waals surface area contributed by atoms with Crippen molar-refractivity contribution in [1.82, 2.24) is 4.98 Å². The molecule has 8 heteroatoms. The van der Waals surface area contributed by atoms with E-state index in [1.807, 2.05) is 24.3 Å². The molecule has 1 aromatic heterocycles. The Balaban J connectivity index is 1.98. The average molecular weight is 426 g/mol. The first-order valence-electron chi connectivity index (χ1n) is 9.24. The molecule has 2 aromatic carbocycles. The van der Waals surface area contributed by atoms with Crippen LogP contribution in [0, 0.1) is 0 Å². The van der Waals surface area contributed by atoms with Gasteiger partial charge in [-0.1, -0.05) is 24.3 Å². The van der Waals surface area contributed by atoms with E-state index in [4.69, 9.17) is 15.2 Å². The van der Waals surface area contributed by atoms with Gasteiger partial charge in [-0.15, -0.1) is 0 Å². The molecule has 0 radical (unpaired) electrons. The van der Waals surface area contributed by atoms with Crippen LogP contribution in [0.1, 0.15) is 11.1 Å². The summed E-state index contributed by atoms with van der Waals surface area (Å²) in [6.07, 6.45) is 7.06. The molecular weight excluding hydrogens is 402 g/mol. The fraction of sp³-hybridized carbons (Fsp3) is 0.136. The largest absolute Gasteiger partial charge is 0.497 e. The normalized spacial score (nSPS) is 11.4. The Kier molecular flexibility index (Phi) is 7.05. The molecule has 0 spiro atoms. The number of hydrogen-bond acceptors (Lipinski definition) is 6. The van der Waals surface area contributed by atoms with Crippen molar-refractivity contribution in [3.05, 3.63) is 78.1 Å². The zero-order chi connectivity index (χ0) is 21.4. The molecule has 3 rings (SSSR count). The van der Waals surface area contributed by atoms with Gasteiger partial charge in [-0.25, -0.2) is 8.42 Å². The lowest BCUT2D eigenvalue weighted by Gasteiger charge is -2.16. The smallest absolute Gasteiger partial charge is 0.262 e. The van der Waals surface area contributed by atoms with E-state index in [9.17, 15) is 8.42 Å². The van der Waals surface area contributed by atoms with Crippen LogP contribution in [-0.4, -0.2) is 33.7 Å². The number of rotatable bonds is 9. The van der Waals surface area contributed by atoms with E-state index in [-0.39, 0.29) is 11.5 Å². The van der Waals surface area contributed by atoms with Crippen molar-refractivity contribution >= 4 is 27.9 Å². The van der Waals surface area contributed by atoms with Crippen LogP contribution < -0.4 is 19.9 Å². The zero-order valence-corrected chi connectivity index (χ0v) is 17.3. The van der Waals surface area contributed by atoms with E-state index in [0.29, 0.717) is 29.3 Å². The average Bonchev–Trinajstić information content (AvgIpc) is 2.78. The topological polar surface area (TPSA) is 104 Å². The second-order valence-electron chi connectivity index (χ2n) is 6.25. The van der Waals surface area contributed by atoms with Crippen LogP contribution in [0.25, 0.3) is 12.2 Å². The van der Waals surface area contributed by atoms with Gasteiger partial charge in [0, 0.05) is 24.5 Å². The number of nitrogens with two attached hydrogens (primary N) is 1. The maximum absolute atomic E-state index is 13.0. The van der Waals surface area contributed by atoms with Crippen molar-refractivity contribution in [1.29, 1.82) is 0 Å². The summed E-state index contributed by atoms with van der Waals surface area (Å²) in [7, 11) is -2.33. The fourth-order valence-corrected chi connectivity index (χ4v) is 3.79. The van der Waals surface area contributed by atoms with Crippen molar-refractivity contribution in [2.24, 2.45) is 5.73 Å². The van der Waals surface area contributed by atoms with E-state index < -0.39 is 10.0 Å². The highest BCUT2D eigenvalue weighted by atomic mass is 32.2. The maximum atomic E-state index is 13.0. The SMILES string of the molecule is COc1ccc(S(=O)(=O)Nc2c(C=Cc3ccncc3)cccc2OCCN)cc1. The molecule has 0 saturated heterocycles. The summed E-state index contributed by atoms with van der Waals surface area (Å²) in [5.74, 6) is 0.969. The van der Waals surface area contributed by atoms with Crippen molar-refractivity contribution in [3.8, 4) is 11.5 Å². The van der Waals surface area contributed by atoms with Crippen LogP contribution in [0.5, 0.6) is 11.5 Å². The second-order valence-corrected chi connectivity index (χ2v) is 7.93. The Morgan fingerprint density at radius 1 is 1.03 bits per heavy atom. The second kappa shape index (κ2) is 9.91. The molecule has 3 aromatic rings. The molecule has 0 aliphatic heterocycles. The molecule has 0 atom stereocenters. The summed E-state index contributed by atoms with van der Waals surface area (Å²) in [5.41, 5.74) is 7.47. The molecule has 30 heavy (non-hydrogen) atoms. The Morgan fingerprint density at radius 3 is 2.43 bits per heavy atom. The molecule has 0 aliphatic rings. The van der Waals surface area contributed by atoms with Crippen LogP contribution in [0.15, 0.2) is 71.9 Å². The number of nitrogens with zero attached hydrogens (tertiary/aromatic N) is 1. The predicted molar refractivity (Wildman–Crippen MR) is 118 cm³/mol. The first kappa shape index (κ1) is 21.4. The lowest BCUT2D eigenvalue weighted by atomic mass is 10.1. The molecule has 0 amide bonds. The minimum atomic E-state index is -3.85. The van der Waals surface area contributed by atoms with Gasteiger partial charge in [-0.2, -0.15) is 0 Å². The molecular formula is C22H23N3O4S. The quantitative estimate of drug-likeness (QED) is 0.545. The summed E-state index contributed by atoms with van der Waals surface area (Å²) in [6.45, 7) is 0.566. The third-order valence-corrected chi connectivity index (χ3v) is 5.57. The Labute approximate surface area is 176 Å². The van der Waals surface area contributed by atoms with Crippen molar-refractivity contribution in [2.45, 2.75) is 4.90 Å². The number of benzene rings is 2. The van der Waals surface area contributed by atoms with Gasteiger partial charge in [0.25, 0.3) is 10.0 Å². The summed E-state index contributed by atoms with van der Waals surface area (Å²) >= 11 is 0. The first-order chi connectivity index (χ1) is 14.5. The van der Waals surface area contributed by atoms with E-state index >= 15 is 0 Å². The van der Waals surface area contributed by atoms with Crippen LogP contribution in [-0.2, 0) is 10.0 Å². The molecule has 0 fully saturated rings. The van der Waals surface area contributed by atoms with Gasteiger partial charge in [0.15, 0.2) is 0 Å². The maximum Gasteiger partial charge on any atom is 0.262 e. The number of sulfonamides is 1. The van der Waals surface area contributed by atoms with Gasteiger partial charge in [-0.3, -0.25) is 9.71 Å². The first-order valence-corrected chi connectivity index (χ1v) is 10.7. The van der Waals surface area contributed by atoms with E-state index in [1.54, 1.807) is 42.7 Å². The number of ether oxygens (including phenoxy) is 2. The standard InChI is InChI=1S/C22H23N3O4S/c1-28-19-7-9-20(10-8-19)30(26,27)25-22-18(3-2-4-21(22)29-16-13-23)6-5-17-11-14-24-15-12-17/h2-12,14-15,25H,13,16,23H2,1H3. The summed E-state index contributed by atoms with van der Waals surface area (Å²) in [5, 5.41) is 0. The summed E-state index contributed by atoms with van der Waals surface area (Å²) in [6, 6.07) is 15.2. The Bertz CT molecular complexity index is 1100. The molecule has 156 valence electrons. The van der Waals surface area contributed by atoms with Crippen LogP contribution in [0.2, 0.25) is 0 Å². The van der Waals surface area contributed by atoms with Crippen LogP contribution >= 0.6 is 0 Å². The minimum Gasteiger partial charge on any atom is -0.497 e. The van der Waals surface area contributed by atoms with Gasteiger partial charge >= 0.3 is 0 Å². The monoisotopic (exact) mass is 425 g/mol. The van der Waals surface area contributed by atoms with Gasteiger partial charge in [0.1, 0.15) is 18.1 Å². The third-order valence-electron chi connectivity index (χ3n) is 4.20. The van der Waals surface area contributed by atoms with Gasteiger partial charge in [0.2, 0.25) is 0 Å². The summed E-state index contributed by atoms with van der Waals surface area (Å²) < 4.78 is 39.4. The highest BCUT2D eigenvalue weighted by Gasteiger charge is 2.19. The van der Waals surface area contributed by atoms with E-state index in [2.05, 4.69) is 9.71 Å². The van der Waals surface area contributed by atoms with E-state index in [1.165, 1.54) is 19.2 Å². The molecule has 0 saturated carbocycles. The van der Waals surface area contributed by atoms with Gasteiger partial charge in [0.05, 0.1) is 17.7 Å². The molecule has 7 nitrogen and oxygen atoms in total. The number of aromatic nitrogens is 1. The number of para-hydroxylation sites is 1. The molecule has 0 bridgehead atoms. The predicted octanol–water partition coefficient (Wildman–Crippen LogP) is 3.40. The summed E-state index contributed by atoms with van der Waals surface area (Å²) in [4.78, 5) is 4.11. The van der Waals surface area contributed by atoms with Gasteiger partial charge < -0.3 is 15.2 Å². The van der Waals surface area contributed by atoms with Crippen molar-refractivity contribution in [2.75, 3.05) is 25.0 Å². The van der Waals surface area contributed by atoms with Crippen LogP contribution in [0.4, 0.5) is 5.69 Å². The third kappa shape index (κ3) is 5.37. The van der Waals surface area contributed by atoms with Gasteiger partial charge in [-0.05, 0) is 48.0 Å². The highest BCUT2D eigenvalue weighted by Crippen LogP contribution is 2.32. The Hall–Kier alpha value is -3.36. The number of nitrogens with one attached hydrogen (secondary N) is 1. The molecule has 1 heterocycles. The lowest BCUT2D eigenvalue weighted by molar-refractivity contribution is 0.330. The number of hydrogen-bond donors (Lipinski definition) is 2. The minimum absolute atomic E-state index is 0.112. The van der Waals surface area contributed by atoms with Crippen LogP contribution in [0.3, 0.4) is 0 Å². The molecule has 0 aliphatic carbocycles. The van der Waals surface area contributed by atoms with Crippen molar-refractivity contribution in [3.63, 3.8) is 0 Å². The zero-order valence-electron chi connectivity index (χ0n) is 16.5. The molecule has 3 N–H and O–H groups in total. The number of pyridine rings is 1. The van der Waals surface area contributed by atoms with Crippen molar-refractivity contribution < 1.29 is 17.9 Å². The number of anilines is 1. The highest BCUT2D eigenvalue weighted by molar-refractivity contribution is 7.92. The molecule has 0 unspecified atom stereocenters. The lowest BCUT2D eigenvalue weighted by Crippen LogP contribution is -2.16. The number of methoxy groups -OCH3 is 1. The fourth-order valence-electron chi connectivity index (χ4n) is 2.69. The van der Waals surface area contributed by atoms with E-state index in [0.717, 1.165) is 5.56 Å². The Morgan fingerprint density at radius 2 is 1.77 bits per heavy atom.